The van der Waals surface area contributed by atoms with Gasteiger partial charge in [0.1, 0.15) is 11.3 Å². The zero-order chi connectivity index (χ0) is 20.2. The maximum absolute atomic E-state index is 14.0. The van der Waals surface area contributed by atoms with Gasteiger partial charge in [0.2, 0.25) is 0 Å². The van der Waals surface area contributed by atoms with Crippen LogP contribution in [0.5, 0.6) is 0 Å². The van der Waals surface area contributed by atoms with Crippen LogP contribution < -0.4 is 0 Å². The fraction of sp³-hybridized carbons (Fsp3) is 0.474. The van der Waals surface area contributed by atoms with Gasteiger partial charge in [0.05, 0.1) is 17.7 Å². The van der Waals surface area contributed by atoms with Crippen LogP contribution in [0.2, 0.25) is 0 Å². The number of aliphatic hydroxyl groups is 1. The number of ether oxygens (including phenoxy) is 1. The van der Waals surface area contributed by atoms with Gasteiger partial charge in [-0.25, -0.2) is 22.4 Å². The van der Waals surface area contributed by atoms with Crippen LogP contribution in [0.3, 0.4) is 0 Å². The number of nitrogens with zero attached hydrogens (tertiary/aromatic N) is 1. The first-order chi connectivity index (χ1) is 12.8. The molecular formula is C19H21F4NO3. The minimum atomic E-state index is -2.09. The molecule has 4 nitrogen and oxygen atoms in total. The molecule has 1 saturated carbocycles. The van der Waals surface area contributed by atoms with Crippen LogP contribution in [0.4, 0.5) is 17.6 Å². The van der Waals surface area contributed by atoms with Gasteiger partial charge >= 0.3 is 5.97 Å². The summed E-state index contributed by atoms with van der Waals surface area (Å²) in [5.74, 6) is -9.71. The zero-order valence-corrected chi connectivity index (χ0v) is 15.1. The van der Waals surface area contributed by atoms with Crippen molar-refractivity contribution >= 4 is 17.9 Å². The number of rotatable bonds is 7. The Kier molecular flexibility index (Phi) is 6.62. The largest absolute Gasteiger partial charge is 0.506 e. The summed E-state index contributed by atoms with van der Waals surface area (Å²) in [4.78, 5) is 16.5. The van der Waals surface area contributed by atoms with E-state index in [0.29, 0.717) is 0 Å². The van der Waals surface area contributed by atoms with Gasteiger partial charge in [-0.15, -0.1) is 0 Å². The summed E-state index contributed by atoms with van der Waals surface area (Å²) in [5, 5.41) is 10.3. The number of benzene rings is 1. The van der Waals surface area contributed by atoms with Gasteiger partial charge in [0.15, 0.2) is 23.3 Å². The number of hydrogen-bond donors (Lipinski definition) is 1. The molecule has 0 radical (unpaired) electrons. The van der Waals surface area contributed by atoms with E-state index in [1.165, 1.54) is 6.92 Å². The van der Waals surface area contributed by atoms with Crippen LogP contribution in [0.25, 0.3) is 5.76 Å². The number of aliphatic hydroxyl groups excluding tert-OH is 1. The molecule has 2 rings (SSSR count). The molecular weight excluding hydrogens is 366 g/mol. The van der Waals surface area contributed by atoms with Gasteiger partial charge in [-0.05, 0) is 38.7 Å². The number of halogens is 4. The lowest BCUT2D eigenvalue weighted by Crippen LogP contribution is -2.35. The number of hydrogen-bond acceptors (Lipinski definition) is 4. The SMILES string of the molecule is CCCC1(N=C/C(C(=O)OCC)=C(/O)c2cc(F)c(F)c(F)c2F)CCC1. The minimum absolute atomic E-state index is 0.0435. The molecule has 1 aliphatic carbocycles. The summed E-state index contributed by atoms with van der Waals surface area (Å²) in [6.07, 6.45) is 5.20. The average Bonchev–Trinajstić information content (AvgIpc) is 2.60. The number of carbonyl (C=O) groups excluding carboxylic acids is 1. The Balaban J connectivity index is 2.54. The van der Waals surface area contributed by atoms with Crippen molar-refractivity contribution in [1.82, 2.24) is 0 Å². The lowest BCUT2D eigenvalue weighted by Gasteiger charge is -2.38. The highest BCUT2D eigenvalue weighted by Crippen LogP contribution is 2.39. The second-order valence-electron chi connectivity index (χ2n) is 6.42. The Hall–Kier alpha value is -2.38. The predicted molar refractivity (Wildman–Crippen MR) is 92.4 cm³/mol. The lowest BCUT2D eigenvalue weighted by molar-refractivity contribution is -0.137. The van der Waals surface area contributed by atoms with Crippen molar-refractivity contribution in [2.45, 2.75) is 51.5 Å². The summed E-state index contributed by atoms with van der Waals surface area (Å²) in [7, 11) is 0. The highest BCUT2D eigenvalue weighted by molar-refractivity contribution is 6.15. The Bertz CT molecular complexity index is 786. The first kappa shape index (κ1) is 20.9. The third-order valence-electron chi connectivity index (χ3n) is 4.58. The van der Waals surface area contributed by atoms with Crippen molar-refractivity contribution in [2.24, 2.45) is 4.99 Å². The van der Waals surface area contributed by atoms with Crippen molar-refractivity contribution in [1.29, 1.82) is 0 Å². The van der Waals surface area contributed by atoms with Gasteiger partial charge in [-0.1, -0.05) is 13.3 Å². The molecule has 0 aromatic heterocycles. The van der Waals surface area contributed by atoms with Crippen molar-refractivity contribution in [2.75, 3.05) is 6.61 Å². The van der Waals surface area contributed by atoms with E-state index in [2.05, 4.69) is 4.99 Å². The molecule has 0 unspecified atom stereocenters. The summed E-state index contributed by atoms with van der Waals surface area (Å²) in [6.45, 7) is 3.46. The van der Waals surface area contributed by atoms with Crippen LogP contribution in [0.1, 0.15) is 51.5 Å². The van der Waals surface area contributed by atoms with Crippen LogP contribution in [-0.4, -0.2) is 29.4 Å². The van der Waals surface area contributed by atoms with Crippen LogP contribution >= 0.6 is 0 Å². The molecule has 148 valence electrons. The number of aliphatic imine (C=N–C) groups is 1. The van der Waals surface area contributed by atoms with E-state index in [9.17, 15) is 27.5 Å². The predicted octanol–water partition coefficient (Wildman–Crippen LogP) is 4.87. The molecule has 1 aromatic rings. The van der Waals surface area contributed by atoms with Gasteiger partial charge in [0, 0.05) is 6.21 Å². The van der Waals surface area contributed by atoms with Crippen LogP contribution in [-0.2, 0) is 9.53 Å². The summed E-state index contributed by atoms with van der Waals surface area (Å²) < 4.78 is 58.9. The highest BCUT2D eigenvalue weighted by atomic mass is 19.2. The summed E-state index contributed by atoms with van der Waals surface area (Å²) in [5.41, 5.74) is -1.92. The van der Waals surface area contributed by atoms with Gasteiger partial charge in [0.25, 0.3) is 0 Å². The van der Waals surface area contributed by atoms with Crippen molar-refractivity contribution in [3.8, 4) is 0 Å². The second kappa shape index (κ2) is 8.54. The first-order valence-corrected chi connectivity index (χ1v) is 8.75. The van der Waals surface area contributed by atoms with E-state index in [1.807, 2.05) is 6.92 Å². The quantitative estimate of drug-likeness (QED) is 0.138. The maximum atomic E-state index is 14.0. The third-order valence-corrected chi connectivity index (χ3v) is 4.58. The van der Waals surface area contributed by atoms with Crippen LogP contribution in [0.15, 0.2) is 16.6 Å². The van der Waals surface area contributed by atoms with E-state index in [0.717, 1.165) is 38.3 Å². The van der Waals surface area contributed by atoms with Gasteiger partial charge < -0.3 is 9.84 Å². The smallest absolute Gasteiger partial charge is 0.343 e. The zero-order valence-electron chi connectivity index (χ0n) is 15.1. The van der Waals surface area contributed by atoms with Gasteiger partial charge in [-0.2, -0.15) is 0 Å². The van der Waals surface area contributed by atoms with Gasteiger partial charge in [-0.3, -0.25) is 4.99 Å². The van der Waals surface area contributed by atoms with Crippen molar-refractivity contribution < 1.29 is 32.2 Å². The average molecular weight is 387 g/mol. The minimum Gasteiger partial charge on any atom is -0.506 e. The Morgan fingerprint density at radius 3 is 2.41 bits per heavy atom. The van der Waals surface area contributed by atoms with Crippen LogP contribution in [0, 0.1) is 23.3 Å². The van der Waals surface area contributed by atoms with E-state index >= 15 is 0 Å². The Labute approximate surface area is 154 Å². The molecule has 0 saturated heterocycles. The maximum Gasteiger partial charge on any atom is 0.343 e. The molecule has 0 bridgehead atoms. The fourth-order valence-corrected chi connectivity index (χ4v) is 3.01. The number of carbonyl (C=O) groups is 1. The normalized spacial score (nSPS) is 16.8. The Morgan fingerprint density at radius 1 is 1.22 bits per heavy atom. The molecule has 0 atom stereocenters. The highest BCUT2D eigenvalue weighted by Gasteiger charge is 2.35. The molecule has 1 N–H and O–H groups in total. The topological polar surface area (TPSA) is 58.9 Å². The van der Waals surface area contributed by atoms with E-state index in [-0.39, 0.29) is 18.2 Å². The molecule has 0 heterocycles. The number of esters is 1. The Morgan fingerprint density at radius 2 is 1.89 bits per heavy atom. The van der Waals surface area contributed by atoms with E-state index in [1.54, 1.807) is 0 Å². The summed E-state index contributed by atoms with van der Waals surface area (Å²) in [6, 6.07) is 0.279. The molecule has 0 spiro atoms. The molecule has 8 heteroatoms. The van der Waals surface area contributed by atoms with Crippen molar-refractivity contribution in [3.63, 3.8) is 0 Å². The standard InChI is InChI=1S/C19H21F4NO3/c1-3-6-19(7-5-8-19)24-10-12(18(26)27-4-2)17(25)11-9-13(20)15(22)16(23)14(11)21/h9-10,25H,3-8H2,1-2H3/b17-12-,24-10?. The lowest BCUT2D eigenvalue weighted by atomic mass is 9.74. The summed E-state index contributed by atoms with van der Waals surface area (Å²) >= 11 is 0. The monoisotopic (exact) mass is 387 g/mol. The van der Waals surface area contributed by atoms with E-state index in [4.69, 9.17) is 4.74 Å². The molecule has 0 aliphatic heterocycles. The molecule has 0 amide bonds. The van der Waals surface area contributed by atoms with E-state index < -0.39 is 46.1 Å². The first-order valence-electron chi connectivity index (χ1n) is 8.75. The molecule has 27 heavy (non-hydrogen) atoms. The van der Waals surface area contributed by atoms with Crippen molar-refractivity contribution in [3.05, 3.63) is 40.5 Å². The third kappa shape index (κ3) is 4.31. The fourth-order valence-electron chi connectivity index (χ4n) is 3.01. The molecule has 1 aliphatic rings. The second-order valence-corrected chi connectivity index (χ2v) is 6.42. The molecule has 1 fully saturated rings. The molecule has 1 aromatic carbocycles.